The molecule has 2 rings (SSSR count). The fourth-order valence-electron chi connectivity index (χ4n) is 2.96. The largest absolute Gasteiger partial charge is 0.478 e. The summed E-state index contributed by atoms with van der Waals surface area (Å²) in [6.45, 7) is 2.63. The number of aliphatic hydroxyl groups is 1. The van der Waals surface area contributed by atoms with Crippen LogP contribution in [-0.4, -0.2) is 45.7 Å². The number of rotatable bonds is 8. The maximum Gasteiger partial charge on any atom is 0.335 e. The smallest absolute Gasteiger partial charge is 0.335 e. The third-order valence-electron chi connectivity index (χ3n) is 4.36. The summed E-state index contributed by atoms with van der Waals surface area (Å²) in [6, 6.07) is 6.80. The number of likely N-dealkylation sites (tertiary alicyclic amines) is 1. The molecule has 0 radical (unpaired) electrons. The zero-order valence-electron chi connectivity index (χ0n) is 14.0. The van der Waals surface area contributed by atoms with Gasteiger partial charge in [0.05, 0.1) is 17.7 Å². The number of hydrogen-bond acceptors (Lipinski definition) is 3. The van der Waals surface area contributed by atoms with Crippen LogP contribution in [0.2, 0.25) is 0 Å². The van der Waals surface area contributed by atoms with E-state index in [0.717, 1.165) is 24.8 Å². The average molecular weight is 331 g/mol. The lowest BCUT2D eigenvalue weighted by Crippen LogP contribution is -2.33. The van der Waals surface area contributed by atoms with Crippen molar-refractivity contribution >= 4 is 11.9 Å². The number of aliphatic hydroxyl groups excluding tert-OH is 1. The second kappa shape index (κ2) is 8.64. The Morgan fingerprint density at radius 3 is 2.71 bits per heavy atom. The number of benzene rings is 1. The monoisotopic (exact) mass is 331 g/mol. The first-order valence-corrected chi connectivity index (χ1v) is 8.49. The molecular weight excluding hydrogens is 306 g/mol. The highest BCUT2D eigenvalue weighted by Gasteiger charge is 2.28. The highest BCUT2D eigenvalue weighted by molar-refractivity contribution is 5.87. The number of hydrogen-bond donors (Lipinski definition) is 2. The Balaban J connectivity index is 1.93. The Kier molecular flexibility index (Phi) is 6.55. The standard InChI is InChI=1S/C19H25NO4/c1-2-3-17(21)10-8-16-9-11-18(22)20(16)13-12-14-4-6-15(7-5-14)19(23)24/h4-8,10,16-17,21H,2-3,9,11-13H2,1H3,(H,23,24)/t16-,17-/m0/s1. The molecule has 0 aliphatic carbocycles. The topological polar surface area (TPSA) is 77.8 Å². The van der Waals surface area contributed by atoms with Gasteiger partial charge in [0, 0.05) is 13.0 Å². The lowest BCUT2D eigenvalue weighted by molar-refractivity contribution is -0.128. The molecule has 5 nitrogen and oxygen atoms in total. The molecule has 1 aromatic rings. The van der Waals surface area contributed by atoms with E-state index in [9.17, 15) is 14.7 Å². The predicted molar refractivity (Wildman–Crippen MR) is 91.9 cm³/mol. The van der Waals surface area contributed by atoms with Crippen LogP contribution in [0.3, 0.4) is 0 Å². The molecule has 0 spiro atoms. The molecule has 2 atom stereocenters. The number of amides is 1. The van der Waals surface area contributed by atoms with Crippen LogP contribution in [0.4, 0.5) is 0 Å². The van der Waals surface area contributed by atoms with Gasteiger partial charge in [-0.1, -0.05) is 37.6 Å². The minimum Gasteiger partial charge on any atom is -0.478 e. The highest BCUT2D eigenvalue weighted by Crippen LogP contribution is 2.21. The molecule has 1 aliphatic rings. The Morgan fingerprint density at radius 1 is 1.38 bits per heavy atom. The van der Waals surface area contributed by atoms with E-state index in [0.29, 0.717) is 19.4 Å². The van der Waals surface area contributed by atoms with E-state index in [2.05, 4.69) is 0 Å². The normalized spacial score (nSPS) is 19.2. The van der Waals surface area contributed by atoms with Gasteiger partial charge in [0.15, 0.2) is 0 Å². The number of carbonyl (C=O) groups is 2. The Hall–Kier alpha value is -2.14. The maximum atomic E-state index is 12.1. The van der Waals surface area contributed by atoms with Crippen LogP contribution < -0.4 is 0 Å². The number of carboxylic acid groups (broad SMARTS) is 1. The quantitative estimate of drug-likeness (QED) is 0.718. The predicted octanol–water partition coefficient (Wildman–Crippen LogP) is 2.64. The van der Waals surface area contributed by atoms with Crippen LogP contribution in [0.1, 0.15) is 48.5 Å². The van der Waals surface area contributed by atoms with Gasteiger partial charge in [-0.3, -0.25) is 4.79 Å². The number of carboxylic acids is 1. The van der Waals surface area contributed by atoms with Gasteiger partial charge in [-0.15, -0.1) is 0 Å². The highest BCUT2D eigenvalue weighted by atomic mass is 16.4. The fourth-order valence-corrected chi connectivity index (χ4v) is 2.96. The van der Waals surface area contributed by atoms with E-state index in [-0.39, 0.29) is 17.5 Å². The summed E-state index contributed by atoms with van der Waals surface area (Å²) in [5.74, 6) is -0.802. The summed E-state index contributed by atoms with van der Waals surface area (Å²) in [7, 11) is 0. The molecule has 0 unspecified atom stereocenters. The van der Waals surface area contributed by atoms with Crippen LogP contribution in [0, 0.1) is 0 Å². The third-order valence-corrected chi connectivity index (χ3v) is 4.36. The summed E-state index contributed by atoms with van der Waals surface area (Å²) in [5, 5.41) is 18.7. The van der Waals surface area contributed by atoms with Crippen LogP contribution >= 0.6 is 0 Å². The number of nitrogens with zero attached hydrogens (tertiary/aromatic N) is 1. The Bertz CT molecular complexity index is 594. The lowest BCUT2D eigenvalue weighted by atomic mass is 10.1. The molecule has 1 fully saturated rings. The molecule has 5 heteroatoms. The van der Waals surface area contributed by atoms with Gasteiger partial charge in [0.25, 0.3) is 0 Å². The zero-order valence-corrected chi connectivity index (χ0v) is 14.0. The van der Waals surface area contributed by atoms with Crippen molar-refractivity contribution in [3.63, 3.8) is 0 Å². The SMILES string of the molecule is CCC[C@H](O)C=C[C@H]1CCC(=O)N1CCc1ccc(C(=O)O)cc1. The first-order valence-electron chi connectivity index (χ1n) is 8.49. The van der Waals surface area contributed by atoms with Gasteiger partial charge in [-0.2, -0.15) is 0 Å². The van der Waals surface area contributed by atoms with Crippen molar-refractivity contribution in [3.05, 3.63) is 47.5 Å². The van der Waals surface area contributed by atoms with Crippen LogP contribution in [-0.2, 0) is 11.2 Å². The number of aromatic carboxylic acids is 1. The van der Waals surface area contributed by atoms with Crippen molar-refractivity contribution in [2.45, 2.75) is 51.2 Å². The van der Waals surface area contributed by atoms with Gasteiger partial charge in [0.1, 0.15) is 0 Å². The minimum absolute atomic E-state index is 0.0438. The summed E-state index contributed by atoms with van der Waals surface area (Å²) < 4.78 is 0. The molecule has 0 aromatic heterocycles. The average Bonchev–Trinajstić information content (AvgIpc) is 2.91. The van der Waals surface area contributed by atoms with Gasteiger partial charge in [-0.05, 0) is 37.0 Å². The second-order valence-electron chi connectivity index (χ2n) is 6.19. The molecule has 0 bridgehead atoms. The molecule has 1 aromatic carbocycles. The number of carbonyl (C=O) groups excluding carboxylic acids is 1. The molecule has 2 N–H and O–H groups in total. The fraction of sp³-hybridized carbons (Fsp3) is 0.474. The first kappa shape index (κ1) is 18.2. The van der Waals surface area contributed by atoms with Gasteiger partial charge >= 0.3 is 5.97 Å². The van der Waals surface area contributed by atoms with Crippen molar-refractivity contribution < 1.29 is 19.8 Å². The second-order valence-corrected chi connectivity index (χ2v) is 6.19. The minimum atomic E-state index is -0.938. The van der Waals surface area contributed by atoms with E-state index in [4.69, 9.17) is 5.11 Å². The summed E-state index contributed by atoms with van der Waals surface area (Å²) in [4.78, 5) is 24.8. The first-order chi connectivity index (χ1) is 11.5. The molecule has 1 saturated heterocycles. The summed E-state index contributed by atoms with van der Waals surface area (Å²) in [6.07, 6.45) is 6.95. The van der Waals surface area contributed by atoms with Crippen LogP contribution in [0.15, 0.2) is 36.4 Å². The third kappa shape index (κ3) is 4.93. The molecular formula is C19H25NO4. The van der Waals surface area contributed by atoms with E-state index < -0.39 is 12.1 Å². The van der Waals surface area contributed by atoms with Crippen molar-refractivity contribution in [3.8, 4) is 0 Å². The molecule has 0 saturated carbocycles. The van der Waals surface area contributed by atoms with E-state index in [1.54, 1.807) is 30.3 Å². The van der Waals surface area contributed by atoms with Crippen molar-refractivity contribution in [2.24, 2.45) is 0 Å². The van der Waals surface area contributed by atoms with Gasteiger partial charge in [0.2, 0.25) is 5.91 Å². The van der Waals surface area contributed by atoms with Crippen molar-refractivity contribution in [1.29, 1.82) is 0 Å². The van der Waals surface area contributed by atoms with E-state index in [1.165, 1.54) is 0 Å². The molecule has 24 heavy (non-hydrogen) atoms. The van der Waals surface area contributed by atoms with Gasteiger partial charge in [-0.25, -0.2) is 4.79 Å². The van der Waals surface area contributed by atoms with Gasteiger partial charge < -0.3 is 15.1 Å². The summed E-state index contributed by atoms with van der Waals surface area (Å²) in [5.41, 5.74) is 1.27. The summed E-state index contributed by atoms with van der Waals surface area (Å²) >= 11 is 0. The molecule has 1 amide bonds. The molecule has 130 valence electrons. The van der Waals surface area contributed by atoms with Crippen molar-refractivity contribution in [2.75, 3.05) is 6.54 Å². The maximum absolute atomic E-state index is 12.1. The van der Waals surface area contributed by atoms with Crippen LogP contribution in [0.25, 0.3) is 0 Å². The van der Waals surface area contributed by atoms with E-state index in [1.807, 2.05) is 17.9 Å². The molecule has 1 heterocycles. The molecule has 1 aliphatic heterocycles. The Morgan fingerprint density at radius 2 is 2.08 bits per heavy atom. The van der Waals surface area contributed by atoms with Crippen molar-refractivity contribution in [1.82, 2.24) is 4.90 Å². The zero-order chi connectivity index (χ0) is 17.5. The van der Waals surface area contributed by atoms with Crippen LogP contribution in [0.5, 0.6) is 0 Å². The Labute approximate surface area is 142 Å². The lowest BCUT2D eigenvalue weighted by Gasteiger charge is -2.22. The van der Waals surface area contributed by atoms with E-state index >= 15 is 0 Å².